The SMILES string of the molecule is Cc1n[nH]c(=S)n1/N=C\c1ccc(OCC(C)C)cc1. The molecule has 0 aliphatic heterocycles. The highest BCUT2D eigenvalue weighted by Crippen LogP contribution is 2.12. The van der Waals surface area contributed by atoms with Crippen molar-refractivity contribution in [1.29, 1.82) is 0 Å². The molecular formula is C14H18N4OS. The molecule has 5 nitrogen and oxygen atoms in total. The van der Waals surface area contributed by atoms with Crippen LogP contribution >= 0.6 is 12.2 Å². The second-order valence-electron chi connectivity index (χ2n) is 4.91. The Morgan fingerprint density at radius 2 is 2.10 bits per heavy atom. The number of H-pyrrole nitrogens is 1. The van der Waals surface area contributed by atoms with E-state index < -0.39 is 0 Å². The molecule has 6 heteroatoms. The molecule has 2 aromatic rings. The van der Waals surface area contributed by atoms with Crippen molar-refractivity contribution in [3.05, 3.63) is 40.4 Å². The first-order chi connectivity index (χ1) is 9.56. The maximum Gasteiger partial charge on any atom is 0.216 e. The molecule has 0 bridgehead atoms. The zero-order valence-corrected chi connectivity index (χ0v) is 12.6. The summed E-state index contributed by atoms with van der Waals surface area (Å²) < 4.78 is 7.69. The zero-order valence-electron chi connectivity index (χ0n) is 11.8. The third-order valence-electron chi connectivity index (χ3n) is 2.60. The van der Waals surface area contributed by atoms with Crippen molar-refractivity contribution in [1.82, 2.24) is 14.9 Å². The largest absolute Gasteiger partial charge is 0.493 e. The molecule has 0 atom stereocenters. The molecule has 20 heavy (non-hydrogen) atoms. The normalized spacial score (nSPS) is 11.4. The number of aromatic nitrogens is 3. The predicted octanol–water partition coefficient (Wildman–Crippen LogP) is 3.17. The number of rotatable bonds is 5. The summed E-state index contributed by atoms with van der Waals surface area (Å²) in [6.45, 7) is 6.80. The lowest BCUT2D eigenvalue weighted by atomic mass is 10.2. The van der Waals surface area contributed by atoms with Crippen LogP contribution in [0.2, 0.25) is 0 Å². The summed E-state index contributed by atoms with van der Waals surface area (Å²) in [5, 5.41) is 11.0. The van der Waals surface area contributed by atoms with E-state index in [0.717, 1.165) is 23.7 Å². The summed E-state index contributed by atoms with van der Waals surface area (Å²) in [4.78, 5) is 0. The molecule has 1 aromatic carbocycles. The van der Waals surface area contributed by atoms with Crippen LogP contribution in [0.5, 0.6) is 5.75 Å². The standard InChI is InChI=1S/C14H18N4OS/c1-10(2)9-19-13-6-4-12(5-7-13)8-15-18-11(3)16-17-14(18)20/h4-8,10H,9H2,1-3H3,(H,17,20)/b15-8-. The molecular weight excluding hydrogens is 272 g/mol. The highest BCUT2D eigenvalue weighted by molar-refractivity contribution is 7.71. The van der Waals surface area contributed by atoms with Gasteiger partial charge in [-0.05, 0) is 54.9 Å². The smallest absolute Gasteiger partial charge is 0.216 e. The first-order valence-corrected chi connectivity index (χ1v) is 6.88. The van der Waals surface area contributed by atoms with Gasteiger partial charge in [0.1, 0.15) is 11.6 Å². The Morgan fingerprint density at radius 1 is 1.40 bits per heavy atom. The summed E-state index contributed by atoms with van der Waals surface area (Å²) in [5.74, 6) is 2.11. The van der Waals surface area contributed by atoms with Gasteiger partial charge in [0.15, 0.2) is 0 Å². The molecule has 106 valence electrons. The average Bonchev–Trinajstić information content (AvgIpc) is 2.75. The van der Waals surface area contributed by atoms with Gasteiger partial charge in [-0.3, -0.25) is 5.10 Å². The van der Waals surface area contributed by atoms with Crippen molar-refractivity contribution < 1.29 is 4.74 Å². The quantitative estimate of drug-likeness (QED) is 0.680. The monoisotopic (exact) mass is 290 g/mol. The summed E-state index contributed by atoms with van der Waals surface area (Å²) in [5.41, 5.74) is 0.976. The minimum Gasteiger partial charge on any atom is -0.493 e. The van der Waals surface area contributed by atoms with E-state index in [0.29, 0.717) is 10.7 Å². The fourth-order valence-electron chi connectivity index (χ4n) is 1.54. The van der Waals surface area contributed by atoms with E-state index in [4.69, 9.17) is 17.0 Å². The van der Waals surface area contributed by atoms with Gasteiger partial charge in [-0.25, -0.2) is 0 Å². The Labute approximate surface area is 123 Å². The van der Waals surface area contributed by atoms with E-state index in [-0.39, 0.29) is 0 Å². The molecule has 0 unspecified atom stereocenters. The van der Waals surface area contributed by atoms with E-state index in [2.05, 4.69) is 29.1 Å². The van der Waals surface area contributed by atoms with Crippen LogP contribution in [-0.4, -0.2) is 27.7 Å². The predicted molar refractivity (Wildman–Crippen MR) is 81.9 cm³/mol. The van der Waals surface area contributed by atoms with Crippen LogP contribution in [0.25, 0.3) is 0 Å². The molecule has 0 spiro atoms. The number of benzene rings is 1. The maximum atomic E-state index is 5.63. The number of hydrogen-bond donors (Lipinski definition) is 1. The molecule has 2 rings (SSSR count). The highest BCUT2D eigenvalue weighted by Gasteiger charge is 1.99. The van der Waals surface area contributed by atoms with Gasteiger partial charge < -0.3 is 4.74 Å². The number of nitrogens with one attached hydrogen (secondary N) is 1. The van der Waals surface area contributed by atoms with Crippen LogP contribution < -0.4 is 4.74 Å². The van der Waals surface area contributed by atoms with E-state index in [9.17, 15) is 0 Å². The summed E-state index contributed by atoms with van der Waals surface area (Å²) in [7, 11) is 0. The summed E-state index contributed by atoms with van der Waals surface area (Å²) >= 11 is 5.08. The molecule has 0 saturated heterocycles. The van der Waals surface area contributed by atoms with Crippen molar-refractivity contribution in [2.24, 2.45) is 11.0 Å². The third kappa shape index (κ3) is 3.77. The fraction of sp³-hybridized carbons (Fsp3) is 0.357. The Morgan fingerprint density at radius 3 is 2.65 bits per heavy atom. The van der Waals surface area contributed by atoms with Crippen molar-refractivity contribution in [2.45, 2.75) is 20.8 Å². The van der Waals surface area contributed by atoms with Crippen molar-refractivity contribution >= 4 is 18.4 Å². The van der Waals surface area contributed by atoms with Crippen LogP contribution in [0.1, 0.15) is 25.2 Å². The van der Waals surface area contributed by atoms with Gasteiger partial charge >= 0.3 is 0 Å². The first-order valence-electron chi connectivity index (χ1n) is 6.47. The summed E-state index contributed by atoms with van der Waals surface area (Å²) in [6, 6.07) is 7.78. The third-order valence-corrected chi connectivity index (χ3v) is 2.86. The topological polar surface area (TPSA) is 55.2 Å². The lowest BCUT2D eigenvalue weighted by Crippen LogP contribution is -2.04. The highest BCUT2D eigenvalue weighted by atomic mass is 32.1. The second kappa shape index (κ2) is 6.47. The Balaban J connectivity index is 2.05. The van der Waals surface area contributed by atoms with Crippen LogP contribution in [-0.2, 0) is 0 Å². The second-order valence-corrected chi connectivity index (χ2v) is 5.29. The van der Waals surface area contributed by atoms with Crippen LogP contribution in [0.15, 0.2) is 29.4 Å². The van der Waals surface area contributed by atoms with Gasteiger partial charge in [0, 0.05) is 0 Å². The molecule has 0 saturated carbocycles. The van der Waals surface area contributed by atoms with Crippen molar-refractivity contribution in [2.75, 3.05) is 6.61 Å². The molecule has 0 fully saturated rings. The first kappa shape index (κ1) is 14.5. The molecule has 0 aliphatic rings. The molecule has 0 radical (unpaired) electrons. The van der Waals surface area contributed by atoms with Crippen molar-refractivity contribution in [3.63, 3.8) is 0 Å². The van der Waals surface area contributed by atoms with E-state index >= 15 is 0 Å². The Hall–Kier alpha value is -1.95. The van der Waals surface area contributed by atoms with Gasteiger partial charge in [0.25, 0.3) is 0 Å². The minimum atomic E-state index is 0.482. The molecule has 1 aromatic heterocycles. The fourth-order valence-corrected chi connectivity index (χ4v) is 1.77. The number of hydrogen-bond acceptors (Lipinski definition) is 4. The van der Waals surface area contributed by atoms with E-state index in [1.807, 2.05) is 31.2 Å². The molecule has 0 amide bonds. The van der Waals surface area contributed by atoms with Gasteiger partial charge in [0.05, 0.1) is 12.8 Å². The van der Waals surface area contributed by atoms with Gasteiger partial charge in [-0.15, -0.1) is 0 Å². The van der Waals surface area contributed by atoms with E-state index in [1.165, 1.54) is 0 Å². The Kier molecular flexibility index (Phi) is 4.68. The summed E-state index contributed by atoms with van der Waals surface area (Å²) in [6.07, 6.45) is 1.74. The van der Waals surface area contributed by atoms with E-state index in [1.54, 1.807) is 10.9 Å². The van der Waals surface area contributed by atoms with Crippen LogP contribution in [0, 0.1) is 17.6 Å². The van der Waals surface area contributed by atoms with Crippen molar-refractivity contribution in [3.8, 4) is 5.75 Å². The lowest BCUT2D eigenvalue weighted by molar-refractivity contribution is 0.271. The van der Waals surface area contributed by atoms with Gasteiger partial charge in [-0.2, -0.15) is 14.9 Å². The van der Waals surface area contributed by atoms with Crippen LogP contribution in [0.4, 0.5) is 0 Å². The molecule has 0 aliphatic carbocycles. The number of aromatic amines is 1. The number of aryl methyl sites for hydroxylation is 1. The Bertz CT molecular complexity index is 640. The maximum absolute atomic E-state index is 5.63. The average molecular weight is 290 g/mol. The van der Waals surface area contributed by atoms with Crippen LogP contribution in [0.3, 0.4) is 0 Å². The van der Waals surface area contributed by atoms with Gasteiger partial charge in [-0.1, -0.05) is 13.8 Å². The number of nitrogens with zero attached hydrogens (tertiary/aromatic N) is 3. The molecule has 1 N–H and O–H groups in total. The molecule has 1 heterocycles. The lowest BCUT2D eigenvalue weighted by Gasteiger charge is -2.08. The minimum absolute atomic E-state index is 0.482. The number of ether oxygens (including phenoxy) is 1. The zero-order chi connectivity index (χ0) is 14.5. The van der Waals surface area contributed by atoms with Gasteiger partial charge in [0.2, 0.25) is 4.77 Å².